The van der Waals surface area contributed by atoms with Gasteiger partial charge in [-0.05, 0) is 53.6 Å². The molecule has 2 aromatic heterocycles. The molecule has 4 aromatic rings. The average Bonchev–Trinajstić information content (AvgIpc) is 3.15. The fourth-order valence-electron chi connectivity index (χ4n) is 3.42. The van der Waals surface area contributed by atoms with Gasteiger partial charge in [0.2, 0.25) is 0 Å². The SMILES string of the molecule is COc1cc(OC)c(F)c(CCc2cnc3c(cc(I)n3S(=O)(=O)c3ccccc3)n2)c1F. The van der Waals surface area contributed by atoms with Crippen LogP contribution in [0.3, 0.4) is 0 Å². The first-order valence-electron chi connectivity index (χ1n) is 9.70. The Morgan fingerprint density at radius 3 is 2.24 bits per heavy atom. The summed E-state index contributed by atoms with van der Waals surface area (Å²) in [5.41, 5.74) is 0.800. The Bertz CT molecular complexity index is 1420. The summed E-state index contributed by atoms with van der Waals surface area (Å²) >= 11 is 1.91. The van der Waals surface area contributed by atoms with Crippen molar-refractivity contribution in [2.75, 3.05) is 14.2 Å². The van der Waals surface area contributed by atoms with Crippen LogP contribution in [0.25, 0.3) is 11.2 Å². The summed E-state index contributed by atoms with van der Waals surface area (Å²) in [7, 11) is -1.30. The van der Waals surface area contributed by atoms with Crippen LogP contribution in [-0.2, 0) is 22.9 Å². The van der Waals surface area contributed by atoms with E-state index in [4.69, 9.17) is 9.47 Å². The molecule has 7 nitrogen and oxygen atoms in total. The maximum Gasteiger partial charge on any atom is 0.270 e. The molecule has 0 fully saturated rings. The number of aromatic nitrogens is 3. The van der Waals surface area contributed by atoms with E-state index >= 15 is 0 Å². The third kappa shape index (κ3) is 4.26. The molecule has 0 atom stereocenters. The van der Waals surface area contributed by atoms with Gasteiger partial charge in [-0.25, -0.2) is 31.1 Å². The van der Waals surface area contributed by atoms with Crippen molar-refractivity contribution in [1.82, 2.24) is 13.9 Å². The third-order valence-electron chi connectivity index (χ3n) is 5.05. The van der Waals surface area contributed by atoms with Gasteiger partial charge in [-0.1, -0.05) is 18.2 Å². The van der Waals surface area contributed by atoms with Crippen LogP contribution >= 0.6 is 22.6 Å². The van der Waals surface area contributed by atoms with Crippen molar-refractivity contribution in [2.45, 2.75) is 17.7 Å². The lowest BCUT2D eigenvalue weighted by molar-refractivity contribution is 0.353. The normalized spacial score (nSPS) is 11.7. The van der Waals surface area contributed by atoms with Crippen LogP contribution in [0.4, 0.5) is 8.78 Å². The largest absolute Gasteiger partial charge is 0.494 e. The van der Waals surface area contributed by atoms with Crippen molar-refractivity contribution >= 4 is 43.8 Å². The van der Waals surface area contributed by atoms with Crippen LogP contribution in [0, 0.1) is 15.3 Å². The van der Waals surface area contributed by atoms with Crippen LogP contribution in [-0.4, -0.2) is 36.6 Å². The lowest BCUT2D eigenvalue weighted by atomic mass is 10.1. The number of ether oxygens (including phenoxy) is 2. The first-order chi connectivity index (χ1) is 15.8. The van der Waals surface area contributed by atoms with Gasteiger partial charge in [0.25, 0.3) is 10.0 Å². The summed E-state index contributed by atoms with van der Waals surface area (Å²) in [4.78, 5) is 8.89. The lowest BCUT2D eigenvalue weighted by Gasteiger charge is -2.12. The lowest BCUT2D eigenvalue weighted by Crippen LogP contribution is -2.15. The molecule has 0 N–H and O–H groups in total. The molecule has 0 saturated carbocycles. The van der Waals surface area contributed by atoms with Gasteiger partial charge in [-0.15, -0.1) is 0 Å². The predicted octanol–water partition coefficient (Wildman–Crippen LogP) is 4.35. The number of aryl methyl sites for hydroxylation is 1. The third-order valence-corrected chi connectivity index (χ3v) is 7.89. The summed E-state index contributed by atoms with van der Waals surface area (Å²) in [5.74, 6) is -1.86. The Morgan fingerprint density at radius 1 is 1.00 bits per heavy atom. The number of hydrogen-bond donors (Lipinski definition) is 0. The van der Waals surface area contributed by atoms with Crippen molar-refractivity contribution in [3.63, 3.8) is 0 Å². The van der Waals surface area contributed by atoms with Crippen molar-refractivity contribution < 1.29 is 26.7 Å². The summed E-state index contributed by atoms with van der Waals surface area (Å²) in [6, 6.07) is 10.8. The minimum Gasteiger partial charge on any atom is -0.494 e. The maximum atomic E-state index is 14.6. The molecule has 2 heterocycles. The van der Waals surface area contributed by atoms with E-state index in [1.165, 1.54) is 32.5 Å². The van der Waals surface area contributed by atoms with Gasteiger partial charge in [0.1, 0.15) is 5.52 Å². The molecule has 0 radical (unpaired) electrons. The van der Waals surface area contributed by atoms with Crippen molar-refractivity contribution in [3.8, 4) is 11.5 Å². The second-order valence-corrected chi connectivity index (χ2v) is 9.90. The van der Waals surface area contributed by atoms with E-state index in [0.29, 0.717) is 14.9 Å². The number of fused-ring (bicyclic) bond motifs is 1. The molecule has 0 aliphatic rings. The molecule has 0 aliphatic heterocycles. The molecule has 4 rings (SSSR count). The van der Waals surface area contributed by atoms with E-state index in [1.807, 2.05) is 22.6 Å². The highest BCUT2D eigenvalue weighted by atomic mass is 127. The number of nitrogens with zero attached hydrogens (tertiary/aromatic N) is 3. The quantitative estimate of drug-likeness (QED) is 0.300. The van der Waals surface area contributed by atoms with E-state index in [0.717, 1.165) is 10.0 Å². The van der Waals surface area contributed by atoms with Crippen LogP contribution < -0.4 is 9.47 Å². The zero-order chi connectivity index (χ0) is 23.8. The molecule has 0 bridgehead atoms. The molecule has 2 aromatic carbocycles. The monoisotopic (exact) mass is 585 g/mol. The smallest absolute Gasteiger partial charge is 0.270 e. The Hall–Kier alpha value is -2.80. The fourth-order valence-corrected chi connectivity index (χ4v) is 6.08. The van der Waals surface area contributed by atoms with E-state index in [9.17, 15) is 17.2 Å². The van der Waals surface area contributed by atoms with Crippen LogP contribution in [0.1, 0.15) is 11.3 Å². The topological polar surface area (TPSA) is 83.3 Å². The molecule has 0 saturated heterocycles. The van der Waals surface area contributed by atoms with Gasteiger partial charge >= 0.3 is 0 Å². The minimum atomic E-state index is -3.87. The van der Waals surface area contributed by atoms with Gasteiger partial charge in [0.15, 0.2) is 28.8 Å². The summed E-state index contributed by atoms with van der Waals surface area (Å²) < 4.78 is 66.9. The standard InChI is InChI=1S/C22H18F2IN3O4S/c1-31-17-11-18(32-2)21(24)15(20(17)23)9-8-13-12-26-22-16(27-13)10-19(25)28(22)33(29,30)14-6-4-3-5-7-14/h3-7,10-12H,8-9H2,1-2H3. The highest BCUT2D eigenvalue weighted by Gasteiger charge is 2.24. The predicted molar refractivity (Wildman–Crippen MR) is 126 cm³/mol. The number of methoxy groups -OCH3 is 2. The Balaban J connectivity index is 1.68. The van der Waals surface area contributed by atoms with Crippen molar-refractivity contribution in [2.24, 2.45) is 0 Å². The van der Waals surface area contributed by atoms with E-state index in [1.54, 1.807) is 24.3 Å². The molecule has 0 spiro atoms. The van der Waals surface area contributed by atoms with Gasteiger partial charge in [-0.3, -0.25) is 0 Å². The molecular weight excluding hydrogens is 567 g/mol. The second kappa shape index (κ2) is 9.21. The fraction of sp³-hybridized carbons (Fsp3) is 0.182. The number of halogens is 3. The molecule has 0 amide bonds. The summed E-state index contributed by atoms with van der Waals surface area (Å²) in [6.07, 6.45) is 1.55. The maximum absolute atomic E-state index is 14.6. The van der Waals surface area contributed by atoms with Crippen LogP contribution in [0.2, 0.25) is 0 Å². The summed E-state index contributed by atoms with van der Waals surface area (Å²) in [6.45, 7) is 0. The van der Waals surface area contributed by atoms with Crippen molar-refractivity contribution in [3.05, 3.63) is 75.3 Å². The minimum absolute atomic E-state index is 0.0223. The molecule has 172 valence electrons. The first-order valence-corrected chi connectivity index (χ1v) is 12.2. The summed E-state index contributed by atoms with van der Waals surface area (Å²) in [5, 5.41) is 0. The number of rotatable bonds is 7. The molecular formula is C22H18F2IN3O4S. The van der Waals surface area contributed by atoms with E-state index in [-0.39, 0.29) is 40.4 Å². The molecule has 33 heavy (non-hydrogen) atoms. The average molecular weight is 585 g/mol. The number of hydrogen-bond acceptors (Lipinski definition) is 6. The molecule has 11 heteroatoms. The Kier molecular flexibility index (Phi) is 6.52. The van der Waals surface area contributed by atoms with Crippen LogP contribution in [0.5, 0.6) is 11.5 Å². The van der Waals surface area contributed by atoms with E-state index < -0.39 is 21.7 Å². The highest BCUT2D eigenvalue weighted by molar-refractivity contribution is 14.1. The van der Waals surface area contributed by atoms with Gasteiger partial charge in [-0.2, -0.15) is 0 Å². The Morgan fingerprint density at radius 2 is 1.64 bits per heavy atom. The van der Waals surface area contributed by atoms with Gasteiger partial charge < -0.3 is 9.47 Å². The zero-order valence-corrected chi connectivity index (χ0v) is 20.5. The second-order valence-electron chi connectivity index (χ2n) is 7.01. The molecule has 0 aliphatic carbocycles. The van der Waals surface area contributed by atoms with Gasteiger partial charge in [0.05, 0.1) is 34.7 Å². The van der Waals surface area contributed by atoms with Gasteiger partial charge in [0, 0.05) is 11.6 Å². The number of benzene rings is 2. The highest BCUT2D eigenvalue weighted by Crippen LogP contribution is 2.32. The van der Waals surface area contributed by atoms with Crippen LogP contribution in [0.15, 0.2) is 53.6 Å². The molecule has 0 unspecified atom stereocenters. The van der Waals surface area contributed by atoms with Crippen molar-refractivity contribution in [1.29, 1.82) is 0 Å². The van der Waals surface area contributed by atoms with E-state index in [2.05, 4.69) is 9.97 Å². The Labute approximate surface area is 202 Å². The zero-order valence-electron chi connectivity index (χ0n) is 17.5. The first kappa shape index (κ1) is 23.4.